The van der Waals surface area contributed by atoms with Gasteiger partial charge in [0.25, 0.3) is 0 Å². The zero-order valence-corrected chi connectivity index (χ0v) is 16.4. The summed E-state index contributed by atoms with van der Waals surface area (Å²) < 4.78 is 0. The average Bonchev–Trinajstić information content (AvgIpc) is 2.65. The van der Waals surface area contributed by atoms with E-state index in [1.165, 1.54) is 11.1 Å². The molecule has 0 aliphatic carbocycles. The van der Waals surface area contributed by atoms with Gasteiger partial charge in [0.05, 0.1) is 11.4 Å². The summed E-state index contributed by atoms with van der Waals surface area (Å²) in [5.41, 5.74) is 6.93. The summed E-state index contributed by atoms with van der Waals surface area (Å²) in [6.07, 6.45) is 0.666. The van der Waals surface area contributed by atoms with Crippen LogP contribution in [0.4, 0.5) is 16.2 Å². The van der Waals surface area contributed by atoms with Crippen molar-refractivity contribution in [3.8, 4) is 0 Å². The lowest BCUT2D eigenvalue weighted by Gasteiger charge is -2.35. The van der Waals surface area contributed by atoms with Gasteiger partial charge in [-0.1, -0.05) is 29.8 Å². The third kappa shape index (κ3) is 3.43. The van der Waals surface area contributed by atoms with E-state index in [9.17, 15) is 9.90 Å². The number of fused-ring (bicyclic) bond motifs is 2. The second kappa shape index (κ2) is 7.20. The van der Waals surface area contributed by atoms with Gasteiger partial charge in [-0.15, -0.1) is 0 Å². The third-order valence-corrected chi connectivity index (χ3v) is 5.30. The molecule has 2 aliphatic rings. The fourth-order valence-electron chi connectivity index (χ4n) is 3.56. The number of anilines is 1. The number of benzene rings is 2. The number of rotatable bonds is 4. The zero-order valence-electron chi connectivity index (χ0n) is 16.4. The van der Waals surface area contributed by atoms with Gasteiger partial charge in [0.15, 0.2) is 12.1 Å². The maximum absolute atomic E-state index is 11.9. The Hall–Kier alpha value is -2.99. The van der Waals surface area contributed by atoms with Crippen molar-refractivity contribution in [3.05, 3.63) is 58.7 Å². The molecule has 0 fully saturated rings. The quantitative estimate of drug-likeness (QED) is 0.856. The van der Waals surface area contributed by atoms with Crippen LogP contribution in [-0.2, 0) is 6.42 Å². The average molecular weight is 376 g/mol. The van der Waals surface area contributed by atoms with E-state index in [1.807, 2.05) is 17.9 Å². The van der Waals surface area contributed by atoms with E-state index in [-0.39, 0.29) is 0 Å². The second-order valence-corrected chi connectivity index (χ2v) is 7.45. The van der Waals surface area contributed by atoms with E-state index in [1.54, 1.807) is 0 Å². The van der Waals surface area contributed by atoms with Crippen molar-refractivity contribution in [3.63, 3.8) is 0 Å². The van der Waals surface area contributed by atoms with Crippen molar-refractivity contribution in [2.45, 2.75) is 39.8 Å². The molecule has 2 heterocycles. The molecule has 28 heavy (non-hydrogen) atoms. The number of nitrogens with zero attached hydrogens (tertiary/aromatic N) is 3. The molecule has 0 spiro atoms. The van der Waals surface area contributed by atoms with Gasteiger partial charge in [-0.2, -0.15) is 4.99 Å². The van der Waals surface area contributed by atoms with E-state index >= 15 is 0 Å². The first kappa shape index (κ1) is 18.4. The summed E-state index contributed by atoms with van der Waals surface area (Å²) in [5, 5.41) is 12.7. The summed E-state index contributed by atoms with van der Waals surface area (Å²) in [7, 11) is 0. The van der Waals surface area contributed by atoms with E-state index in [0.29, 0.717) is 18.1 Å². The highest BCUT2D eigenvalue weighted by Gasteiger charge is 2.35. The fourth-order valence-corrected chi connectivity index (χ4v) is 3.56. The molecule has 6 nitrogen and oxygen atoms in total. The Kier molecular flexibility index (Phi) is 4.73. The molecule has 2 amide bonds. The van der Waals surface area contributed by atoms with Crippen molar-refractivity contribution in [2.75, 3.05) is 11.4 Å². The van der Waals surface area contributed by atoms with Crippen LogP contribution in [0.5, 0.6) is 0 Å². The summed E-state index contributed by atoms with van der Waals surface area (Å²) in [4.78, 5) is 22.6. The molecule has 1 atom stereocenters. The van der Waals surface area contributed by atoms with Gasteiger partial charge in [-0.25, -0.2) is 9.79 Å². The molecule has 2 aromatic rings. The lowest BCUT2D eigenvalue weighted by Crippen LogP contribution is -2.54. The molecule has 6 heteroatoms. The Morgan fingerprint density at radius 3 is 2.54 bits per heavy atom. The fraction of sp³-hybridized carbons (Fsp3) is 0.318. The van der Waals surface area contributed by atoms with Gasteiger partial charge in [0.1, 0.15) is 5.71 Å². The van der Waals surface area contributed by atoms with Crippen LogP contribution >= 0.6 is 0 Å². The lowest BCUT2D eigenvalue weighted by molar-refractivity contribution is 0.195. The van der Waals surface area contributed by atoms with Crippen LogP contribution in [0.1, 0.15) is 28.7 Å². The largest absolute Gasteiger partial charge is 0.368 e. The van der Waals surface area contributed by atoms with Crippen LogP contribution in [0.15, 0.2) is 46.4 Å². The number of aliphatic imine (C=N–C) groups is 2. The second-order valence-electron chi connectivity index (χ2n) is 7.45. The molecule has 144 valence electrons. The Morgan fingerprint density at radius 1 is 1.07 bits per heavy atom. The molecule has 2 aromatic carbocycles. The molecule has 0 aromatic heterocycles. The SMILES string of the molecule is Cc1ccc(CCCN2C3=NC(=O)NC(O)C3=Nc3cc(C)c(C)cc32)cc1. The lowest BCUT2D eigenvalue weighted by atomic mass is 10.0. The Bertz CT molecular complexity index is 992. The number of urea groups is 1. The Balaban J connectivity index is 1.65. The van der Waals surface area contributed by atoms with Gasteiger partial charge in [-0.05, 0) is 62.4 Å². The third-order valence-electron chi connectivity index (χ3n) is 5.30. The van der Waals surface area contributed by atoms with Crippen molar-refractivity contribution in [1.82, 2.24) is 5.32 Å². The number of amides is 2. The van der Waals surface area contributed by atoms with Gasteiger partial charge < -0.3 is 15.3 Å². The first-order valence-corrected chi connectivity index (χ1v) is 9.53. The zero-order chi connectivity index (χ0) is 19.8. The van der Waals surface area contributed by atoms with Crippen molar-refractivity contribution >= 4 is 29.0 Å². The number of carbonyl (C=O) groups is 1. The van der Waals surface area contributed by atoms with Crippen LogP contribution < -0.4 is 10.2 Å². The number of aliphatic hydroxyl groups excluding tert-OH is 1. The number of hydrogen-bond acceptors (Lipinski definition) is 4. The number of amidine groups is 1. The summed E-state index contributed by atoms with van der Waals surface area (Å²) in [6.45, 7) is 6.86. The summed E-state index contributed by atoms with van der Waals surface area (Å²) in [5.74, 6) is 0.441. The standard InChI is InChI=1S/C22H24N4O2/c1-13-6-8-16(9-7-13)5-4-10-26-18-12-15(3)14(2)11-17(18)23-19-20(26)24-22(28)25-21(19)27/h6-9,11-12,21,27H,4-5,10H2,1-3H3,(H,25,28). The molecular formula is C22H24N4O2. The molecule has 2 N–H and O–H groups in total. The molecule has 0 saturated heterocycles. The van der Waals surface area contributed by atoms with Crippen LogP contribution in [0, 0.1) is 20.8 Å². The maximum Gasteiger partial charge on any atom is 0.345 e. The minimum Gasteiger partial charge on any atom is -0.368 e. The van der Waals surface area contributed by atoms with E-state index in [4.69, 9.17) is 0 Å². The maximum atomic E-state index is 11.9. The number of aliphatic hydroxyl groups is 1. The monoisotopic (exact) mass is 376 g/mol. The smallest absolute Gasteiger partial charge is 0.345 e. The summed E-state index contributed by atoms with van der Waals surface area (Å²) >= 11 is 0. The van der Waals surface area contributed by atoms with Crippen molar-refractivity contribution < 1.29 is 9.90 Å². The topological polar surface area (TPSA) is 77.3 Å². The van der Waals surface area contributed by atoms with Crippen LogP contribution in [-0.4, -0.2) is 35.5 Å². The molecule has 0 saturated carbocycles. The Morgan fingerprint density at radius 2 is 1.79 bits per heavy atom. The minimum absolute atomic E-state index is 0.394. The van der Waals surface area contributed by atoms with E-state index in [2.05, 4.69) is 59.5 Å². The number of nitrogens with one attached hydrogen (secondary N) is 1. The van der Waals surface area contributed by atoms with E-state index in [0.717, 1.165) is 35.3 Å². The highest BCUT2D eigenvalue weighted by molar-refractivity contribution is 6.51. The number of aryl methyl sites for hydroxylation is 4. The van der Waals surface area contributed by atoms with Crippen LogP contribution in [0.25, 0.3) is 0 Å². The molecule has 0 bridgehead atoms. The number of hydrogen-bond donors (Lipinski definition) is 2. The predicted molar refractivity (Wildman–Crippen MR) is 112 cm³/mol. The predicted octanol–water partition coefficient (Wildman–Crippen LogP) is 3.58. The number of carbonyl (C=O) groups excluding carboxylic acids is 1. The first-order chi connectivity index (χ1) is 13.4. The van der Waals surface area contributed by atoms with Gasteiger partial charge in [-0.3, -0.25) is 0 Å². The van der Waals surface area contributed by atoms with Crippen molar-refractivity contribution in [2.24, 2.45) is 9.98 Å². The van der Waals surface area contributed by atoms with E-state index < -0.39 is 12.3 Å². The highest BCUT2D eigenvalue weighted by atomic mass is 16.3. The van der Waals surface area contributed by atoms with Crippen LogP contribution in [0.2, 0.25) is 0 Å². The van der Waals surface area contributed by atoms with Gasteiger partial charge >= 0.3 is 6.03 Å². The van der Waals surface area contributed by atoms with Crippen molar-refractivity contribution in [1.29, 1.82) is 0 Å². The molecule has 2 aliphatic heterocycles. The molecule has 0 radical (unpaired) electrons. The first-order valence-electron chi connectivity index (χ1n) is 9.53. The van der Waals surface area contributed by atoms with Crippen LogP contribution in [0.3, 0.4) is 0 Å². The summed E-state index contributed by atoms with van der Waals surface area (Å²) in [6, 6.07) is 12.1. The molecule has 4 rings (SSSR count). The Labute approximate surface area is 164 Å². The minimum atomic E-state index is -1.14. The highest BCUT2D eigenvalue weighted by Crippen LogP contribution is 2.36. The van der Waals surface area contributed by atoms with Gasteiger partial charge in [0, 0.05) is 6.54 Å². The normalized spacial score (nSPS) is 18.1. The molecular weight excluding hydrogens is 352 g/mol. The van der Waals surface area contributed by atoms with Gasteiger partial charge in [0.2, 0.25) is 0 Å². The molecule has 1 unspecified atom stereocenters.